The number of pyridine rings is 1. The summed E-state index contributed by atoms with van der Waals surface area (Å²) in [7, 11) is 0. The third-order valence-corrected chi connectivity index (χ3v) is 1.70. The highest BCUT2D eigenvalue weighted by molar-refractivity contribution is 5.42. The van der Waals surface area contributed by atoms with Crippen molar-refractivity contribution >= 4 is 5.65 Å². The first kappa shape index (κ1) is 10.2. The van der Waals surface area contributed by atoms with Gasteiger partial charge in [-0.05, 0) is 19.1 Å². The molecule has 0 spiro atoms. The van der Waals surface area contributed by atoms with Gasteiger partial charge in [0, 0.05) is 6.20 Å². The van der Waals surface area contributed by atoms with Crippen molar-refractivity contribution in [2.75, 3.05) is 0 Å². The summed E-state index contributed by atoms with van der Waals surface area (Å²) in [5, 5.41) is 16.4. The number of rotatable bonds is 0. The fraction of sp³-hybridized carbons (Fsp3) is 0.300. The SMILES string of the molecule is CC.Cc1nnc2ccc(C#N)cn12. The molecular weight excluding hydrogens is 176 g/mol. The maximum atomic E-state index is 8.62. The molecule has 0 N–H and O–H groups in total. The van der Waals surface area contributed by atoms with E-state index in [1.54, 1.807) is 22.7 Å². The van der Waals surface area contributed by atoms with Crippen LogP contribution in [0.1, 0.15) is 25.2 Å². The summed E-state index contributed by atoms with van der Waals surface area (Å²) in [5.41, 5.74) is 1.39. The number of aryl methyl sites for hydroxylation is 1. The topological polar surface area (TPSA) is 54.0 Å². The molecule has 0 saturated carbocycles. The molecule has 0 aliphatic carbocycles. The highest BCUT2D eigenvalue weighted by atomic mass is 15.2. The van der Waals surface area contributed by atoms with Crippen molar-refractivity contribution in [3.05, 3.63) is 29.7 Å². The maximum absolute atomic E-state index is 8.62. The average Bonchev–Trinajstić information content (AvgIpc) is 2.63. The van der Waals surface area contributed by atoms with Gasteiger partial charge in [-0.25, -0.2) is 0 Å². The molecule has 2 heterocycles. The van der Waals surface area contributed by atoms with E-state index in [1.807, 2.05) is 20.8 Å². The number of nitriles is 1. The van der Waals surface area contributed by atoms with Gasteiger partial charge in [-0.1, -0.05) is 13.8 Å². The van der Waals surface area contributed by atoms with E-state index >= 15 is 0 Å². The molecule has 4 heteroatoms. The predicted molar refractivity (Wildman–Crippen MR) is 53.8 cm³/mol. The van der Waals surface area contributed by atoms with Crippen molar-refractivity contribution in [3.63, 3.8) is 0 Å². The van der Waals surface area contributed by atoms with Crippen LogP contribution in [-0.2, 0) is 0 Å². The number of nitrogens with zero attached hydrogens (tertiary/aromatic N) is 4. The minimum absolute atomic E-state index is 0.616. The summed E-state index contributed by atoms with van der Waals surface area (Å²) in [5.74, 6) is 0.794. The van der Waals surface area contributed by atoms with E-state index in [0.717, 1.165) is 11.5 Å². The normalized spacial score (nSPS) is 9.00. The van der Waals surface area contributed by atoms with Crippen LogP contribution in [0.5, 0.6) is 0 Å². The lowest BCUT2D eigenvalue weighted by molar-refractivity contribution is 1.00. The molecular formula is C10H12N4. The van der Waals surface area contributed by atoms with Crippen LogP contribution in [0.2, 0.25) is 0 Å². The zero-order chi connectivity index (χ0) is 10.6. The van der Waals surface area contributed by atoms with Gasteiger partial charge in [0.1, 0.15) is 11.9 Å². The average molecular weight is 188 g/mol. The first-order valence-electron chi connectivity index (χ1n) is 4.53. The lowest BCUT2D eigenvalue weighted by Crippen LogP contribution is -1.88. The van der Waals surface area contributed by atoms with Crippen molar-refractivity contribution in [1.82, 2.24) is 14.6 Å². The molecule has 0 bridgehead atoms. The number of hydrogen-bond acceptors (Lipinski definition) is 3. The van der Waals surface area contributed by atoms with Crippen LogP contribution in [-0.4, -0.2) is 14.6 Å². The van der Waals surface area contributed by atoms with E-state index < -0.39 is 0 Å². The van der Waals surface area contributed by atoms with E-state index in [9.17, 15) is 0 Å². The first-order chi connectivity index (χ1) is 6.81. The van der Waals surface area contributed by atoms with E-state index in [4.69, 9.17) is 5.26 Å². The lowest BCUT2D eigenvalue weighted by Gasteiger charge is -1.93. The van der Waals surface area contributed by atoms with Crippen molar-refractivity contribution in [2.24, 2.45) is 0 Å². The van der Waals surface area contributed by atoms with Gasteiger partial charge < -0.3 is 0 Å². The fourth-order valence-electron chi connectivity index (χ4n) is 1.07. The molecule has 0 radical (unpaired) electrons. The van der Waals surface area contributed by atoms with E-state index in [0.29, 0.717) is 5.56 Å². The van der Waals surface area contributed by atoms with Crippen LogP contribution >= 0.6 is 0 Å². The van der Waals surface area contributed by atoms with E-state index in [-0.39, 0.29) is 0 Å². The Balaban J connectivity index is 0.000000461. The molecule has 0 atom stereocenters. The van der Waals surface area contributed by atoms with Crippen molar-refractivity contribution in [2.45, 2.75) is 20.8 Å². The van der Waals surface area contributed by atoms with Gasteiger partial charge in [-0.15, -0.1) is 10.2 Å². The van der Waals surface area contributed by atoms with Gasteiger partial charge in [0.15, 0.2) is 5.65 Å². The lowest BCUT2D eigenvalue weighted by atomic mass is 10.3. The zero-order valence-corrected chi connectivity index (χ0v) is 8.52. The Labute approximate surface area is 82.8 Å². The second-order valence-corrected chi connectivity index (χ2v) is 2.50. The van der Waals surface area contributed by atoms with Crippen LogP contribution in [0.15, 0.2) is 18.3 Å². The molecule has 4 nitrogen and oxygen atoms in total. The summed E-state index contributed by atoms with van der Waals surface area (Å²) < 4.78 is 1.79. The van der Waals surface area contributed by atoms with Crippen molar-refractivity contribution < 1.29 is 0 Å². The quantitative estimate of drug-likeness (QED) is 0.634. The second kappa shape index (κ2) is 4.38. The minimum Gasteiger partial charge on any atom is -0.285 e. The second-order valence-electron chi connectivity index (χ2n) is 2.50. The molecule has 2 rings (SSSR count). The summed E-state index contributed by atoms with van der Waals surface area (Å²) in [6, 6.07) is 5.56. The molecule has 0 aliphatic rings. The van der Waals surface area contributed by atoms with Crippen LogP contribution in [0, 0.1) is 18.3 Å². The van der Waals surface area contributed by atoms with Gasteiger partial charge in [-0.2, -0.15) is 5.26 Å². The monoisotopic (exact) mass is 188 g/mol. The highest BCUT2D eigenvalue weighted by Crippen LogP contribution is 2.04. The summed E-state index contributed by atoms with van der Waals surface area (Å²) in [6.45, 7) is 5.85. The molecule has 72 valence electrons. The van der Waals surface area contributed by atoms with Gasteiger partial charge in [-0.3, -0.25) is 4.40 Å². The largest absolute Gasteiger partial charge is 0.285 e. The Bertz CT molecular complexity index is 464. The number of hydrogen-bond donors (Lipinski definition) is 0. The molecule has 2 aromatic heterocycles. The Kier molecular flexibility index (Phi) is 3.19. The van der Waals surface area contributed by atoms with Crippen molar-refractivity contribution in [1.29, 1.82) is 5.26 Å². The summed E-state index contributed by atoms with van der Waals surface area (Å²) in [4.78, 5) is 0. The minimum atomic E-state index is 0.616. The molecule has 0 amide bonds. The Morgan fingerprint density at radius 2 is 2.00 bits per heavy atom. The van der Waals surface area contributed by atoms with E-state index in [1.165, 1.54) is 0 Å². The van der Waals surface area contributed by atoms with Crippen LogP contribution < -0.4 is 0 Å². The van der Waals surface area contributed by atoms with Gasteiger partial charge in [0.2, 0.25) is 0 Å². The highest BCUT2D eigenvalue weighted by Gasteiger charge is 1.99. The molecule has 0 aliphatic heterocycles. The van der Waals surface area contributed by atoms with E-state index in [2.05, 4.69) is 16.3 Å². The first-order valence-corrected chi connectivity index (χ1v) is 4.53. The molecule has 0 fully saturated rings. The van der Waals surface area contributed by atoms with Gasteiger partial charge in [0.25, 0.3) is 0 Å². The summed E-state index contributed by atoms with van der Waals surface area (Å²) >= 11 is 0. The number of fused-ring (bicyclic) bond motifs is 1. The molecule has 0 saturated heterocycles. The molecule has 0 unspecified atom stereocenters. The van der Waals surface area contributed by atoms with Crippen LogP contribution in [0.25, 0.3) is 5.65 Å². The fourth-order valence-corrected chi connectivity index (χ4v) is 1.07. The third-order valence-electron chi connectivity index (χ3n) is 1.70. The number of aromatic nitrogens is 3. The maximum Gasteiger partial charge on any atom is 0.160 e. The zero-order valence-electron chi connectivity index (χ0n) is 8.52. The van der Waals surface area contributed by atoms with Crippen LogP contribution in [0.3, 0.4) is 0 Å². The summed E-state index contributed by atoms with van der Waals surface area (Å²) in [6.07, 6.45) is 1.73. The van der Waals surface area contributed by atoms with Gasteiger partial charge >= 0.3 is 0 Å². The third kappa shape index (κ3) is 1.72. The predicted octanol–water partition coefficient (Wildman–Crippen LogP) is 1.94. The van der Waals surface area contributed by atoms with Crippen molar-refractivity contribution in [3.8, 4) is 6.07 Å². The molecule has 0 aromatic carbocycles. The molecule has 2 aromatic rings. The Morgan fingerprint density at radius 3 is 2.64 bits per heavy atom. The Hall–Kier alpha value is -1.89. The smallest absolute Gasteiger partial charge is 0.160 e. The Morgan fingerprint density at radius 1 is 1.29 bits per heavy atom. The molecule has 14 heavy (non-hydrogen) atoms. The van der Waals surface area contributed by atoms with Gasteiger partial charge in [0.05, 0.1) is 5.56 Å². The standard InChI is InChI=1S/C8H6N4.C2H6/c1-6-10-11-8-3-2-7(4-9)5-12(6)8;1-2/h2-3,5H,1H3;1-2H3. The van der Waals surface area contributed by atoms with Crippen LogP contribution in [0.4, 0.5) is 0 Å².